The highest BCUT2D eigenvalue weighted by Gasteiger charge is 2.28. The molecule has 1 heterocycles. The van der Waals surface area contributed by atoms with E-state index >= 15 is 0 Å². The number of hydrogen-bond acceptors (Lipinski definition) is 3. The number of likely N-dealkylation sites (tertiary alicyclic amines) is 1. The maximum Gasteiger partial charge on any atom is 0.321 e. The van der Waals surface area contributed by atoms with Crippen LogP contribution in [0.15, 0.2) is 48.5 Å². The number of ether oxygens (including phenoxy) is 1. The van der Waals surface area contributed by atoms with E-state index in [1.54, 1.807) is 36.3 Å². The first-order valence-corrected chi connectivity index (χ1v) is 8.81. The topological polar surface area (TPSA) is 70.7 Å². The molecule has 0 radical (unpaired) electrons. The fourth-order valence-corrected chi connectivity index (χ4v) is 3.03. The SMILES string of the molecule is COc1ccc(NC(=O)N2CCC[C@@H](C(=O)Nc3ccc(F)cc3)C2)cc1. The fraction of sp³-hybridized carbons (Fsp3) is 0.300. The number of nitrogens with zero attached hydrogens (tertiary/aromatic N) is 1. The Morgan fingerprint density at radius 3 is 2.33 bits per heavy atom. The number of carbonyl (C=O) groups is 2. The van der Waals surface area contributed by atoms with Crippen LogP contribution in [0.3, 0.4) is 0 Å². The van der Waals surface area contributed by atoms with Crippen molar-refractivity contribution in [3.63, 3.8) is 0 Å². The molecule has 2 N–H and O–H groups in total. The van der Waals surface area contributed by atoms with Gasteiger partial charge in [0.1, 0.15) is 11.6 Å². The van der Waals surface area contributed by atoms with Gasteiger partial charge in [-0.1, -0.05) is 0 Å². The predicted octanol–water partition coefficient (Wildman–Crippen LogP) is 3.72. The highest BCUT2D eigenvalue weighted by Crippen LogP contribution is 2.21. The van der Waals surface area contributed by atoms with Crippen LogP contribution in [0.2, 0.25) is 0 Å². The second-order valence-corrected chi connectivity index (χ2v) is 6.44. The highest BCUT2D eigenvalue weighted by molar-refractivity contribution is 5.94. The average molecular weight is 371 g/mol. The number of nitrogens with one attached hydrogen (secondary N) is 2. The van der Waals surface area contributed by atoms with Gasteiger partial charge in [0.05, 0.1) is 13.0 Å². The van der Waals surface area contributed by atoms with Crippen molar-refractivity contribution in [1.82, 2.24) is 4.90 Å². The number of amides is 3. The zero-order valence-corrected chi connectivity index (χ0v) is 15.1. The molecule has 1 saturated heterocycles. The normalized spacial score (nSPS) is 16.5. The van der Waals surface area contributed by atoms with Gasteiger partial charge in [-0.2, -0.15) is 0 Å². The van der Waals surface area contributed by atoms with Crippen LogP contribution in [0.5, 0.6) is 5.75 Å². The Bertz CT molecular complexity index is 793. The van der Waals surface area contributed by atoms with Crippen LogP contribution in [0.25, 0.3) is 0 Å². The maximum atomic E-state index is 13.0. The molecule has 0 aromatic heterocycles. The number of urea groups is 1. The lowest BCUT2D eigenvalue weighted by atomic mass is 9.97. The number of carbonyl (C=O) groups excluding carboxylic acids is 2. The van der Waals surface area contributed by atoms with E-state index in [1.807, 2.05) is 0 Å². The molecule has 1 atom stereocenters. The molecule has 1 aliphatic rings. The minimum absolute atomic E-state index is 0.163. The van der Waals surface area contributed by atoms with E-state index in [4.69, 9.17) is 4.74 Å². The van der Waals surface area contributed by atoms with Gasteiger partial charge in [0.2, 0.25) is 5.91 Å². The monoisotopic (exact) mass is 371 g/mol. The molecule has 0 bridgehead atoms. The Balaban J connectivity index is 1.56. The molecule has 2 aromatic rings. The van der Waals surface area contributed by atoms with Crippen LogP contribution in [0.4, 0.5) is 20.6 Å². The number of halogens is 1. The summed E-state index contributed by atoms with van der Waals surface area (Å²) in [5.41, 5.74) is 1.21. The predicted molar refractivity (Wildman–Crippen MR) is 101 cm³/mol. The fourth-order valence-electron chi connectivity index (χ4n) is 3.03. The molecule has 1 fully saturated rings. The molecule has 2 aromatic carbocycles. The van der Waals surface area contributed by atoms with Crippen LogP contribution in [-0.4, -0.2) is 37.0 Å². The van der Waals surface area contributed by atoms with Gasteiger partial charge in [0.15, 0.2) is 0 Å². The third-order valence-corrected chi connectivity index (χ3v) is 4.53. The van der Waals surface area contributed by atoms with Gasteiger partial charge < -0.3 is 20.3 Å². The Morgan fingerprint density at radius 1 is 1.04 bits per heavy atom. The van der Waals surface area contributed by atoms with Crippen molar-refractivity contribution in [2.75, 3.05) is 30.8 Å². The average Bonchev–Trinajstić information content (AvgIpc) is 2.70. The van der Waals surface area contributed by atoms with E-state index in [1.165, 1.54) is 24.3 Å². The summed E-state index contributed by atoms with van der Waals surface area (Å²) in [4.78, 5) is 26.6. The molecule has 0 saturated carbocycles. The number of methoxy groups -OCH3 is 1. The number of benzene rings is 2. The van der Waals surface area contributed by atoms with Crippen LogP contribution in [0.1, 0.15) is 12.8 Å². The van der Waals surface area contributed by atoms with Crippen LogP contribution in [-0.2, 0) is 4.79 Å². The quantitative estimate of drug-likeness (QED) is 0.861. The zero-order chi connectivity index (χ0) is 19.2. The summed E-state index contributed by atoms with van der Waals surface area (Å²) in [5.74, 6) is -0.107. The lowest BCUT2D eigenvalue weighted by Gasteiger charge is -2.32. The Hall–Kier alpha value is -3.09. The van der Waals surface area contributed by atoms with Crippen molar-refractivity contribution >= 4 is 23.3 Å². The third-order valence-electron chi connectivity index (χ3n) is 4.53. The summed E-state index contributed by atoms with van der Waals surface area (Å²) >= 11 is 0. The van der Waals surface area contributed by atoms with Crippen molar-refractivity contribution in [3.8, 4) is 5.75 Å². The van der Waals surface area contributed by atoms with E-state index < -0.39 is 0 Å². The van der Waals surface area contributed by atoms with E-state index in [9.17, 15) is 14.0 Å². The minimum atomic E-state index is -0.355. The highest BCUT2D eigenvalue weighted by atomic mass is 19.1. The first kappa shape index (κ1) is 18.7. The summed E-state index contributed by atoms with van der Waals surface area (Å²) in [5, 5.41) is 5.62. The second-order valence-electron chi connectivity index (χ2n) is 6.44. The second kappa shape index (κ2) is 8.53. The molecule has 6 nitrogen and oxygen atoms in total. The van der Waals surface area contributed by atoms with Crippen LogP contribution >= 0.6 is 0 Å². The van der Waals surface area contributed by atoms with Crippen molar-refractivity contribution in [1.29, 1.82) is 0 Å². The van der Waals surface area contributed by atoms with Gasteiger partial charge in [0, 0.05) is 24.5 Å². The molecule has 7 heteroatoms. The maximum absolute atomic E-state index is 13.0. The van der Waals surface area contributed by atoms with Gasteiger partial charge in [-0.05, 0) is 61.4 Å². The standard InChI is InChI=1S/C20H22FN3O3/c1-27-18-10-8-17(9-11-18)23-20(26)24-12-2-3-14(13-24)19(25)22-16-6-4-15(21)5-7-16/h4-11,14H,2-3,12-13H2,1H3,(H,22,25)(H,23,26)/t14-/m1/s1. The molecular weight excluding hydrogens is 349 g/mol. The molecule has 0 aliphatic carbocycles. The number of rotatable bonds is 4. The molecule has 0 unspecified atom stereocenters. The molecule has 1 aliphatic heterocycles. The lowest BCUT2D eigenvalue weighted by Crippen LogP contribution is -2.45. The van der Waals surface area contributed by atoms with Gasteiger partial charge in [-0.15, -0.1) is 0 Å². The number of hydrogen-bond donors (Lipinski definition) is 2. The van der Waals surface area contributed by atoms with E-state index in [-0.39, 0.29) is 23.7 Å². The summed E-state index contributed by atoms with van der Waals surface area (Å²) in [6.07, 6.45) is 1.46. The number of anilines is 2. The van der Waals surface area contributed by atoms with Gasteiger partial charge in [0.25, 0.3) is 0 Å². The Kier molecular flexibility index (Phi) is 5.90. The van der Waals surface area contributed by atoms with Crippen LogP contribution < -0.4 is 15.4 Å². The molecule has 3 amide bonds. The molecule has 27 heavy (non-hydrogen) atoms. The summed E-state index contributed by atoms with van der Waals surface area (Å²) in [7, 11) is 1.58. The van der Waals surface area contributed by atoms with Crippen molar-refractivity contribution in [2.24, 2.45) is 5.92 Å². The van der Waals surface area contributed by atoms with Crippen molar-refractivity contribution in [3.05, 3.63) is 54.3 Å². The summed E-state index contributed by atoms with van der Waals surface area (Å²) in [6, 6.07) is 12.5. The molecule has 0 spiro atoms. The largest absolute Gasteiger partial charge is 0.497 e. The zero-order valence-electron chi connectivity index (χ0n) is 15.1. The van der Waals surface area contributed by atoms with Crippen LogP contribution in [0, 0.1) is 11.7 Å². The minimum Gasteiger partial charge on any atom is -0.497 e. The van der Waals surface area contributed by atoms with Gasteiger partial charge in [-0.3, -0.25) is 4.79 Å². The first-order chi connectivity index (χ1) is 13.0. The van der Waals surface area contributed by atoms with Crippen molar-refractivity contribution < 1.29 is 18.7 Å². The van der Waals surface area contributed by atoms with Gasteiger partial charge >= 0.3 is 6.03 Å². The Morgan fingerprint density at radius 2 is 1.67 bits per heavy atom. The van der Waals surface area contributed by atoms with Gasteiger partial charge in [-0.25, -0.2) is 9.18 Å². The smallest absolute Gasteiger partial charge is 0.321 e. The number of piperidine rings is 1. The van der Waals surface area contributed by atoms with E-state index in [0.717, 1.165) is 6.42 Å². The first-order valence-electron chi connectivity index (χ1n) is 8.81. The third kappa shape index (κ3) is 4.97. The van der Waals surface area contributed by atoms with E-state index in [0.29, 0.717) is 36.6 Å². The molecule has 3 rings (SSSR count). The lowest BCUT2D eigenvalue weighted by molar-refractivity contribution is -0.121. The summed E-state index contributed by atoms with van der Waals surface area (Å²) < 4.78 is 18.1. The van der Waals surface area contributed by atoms with Crippen molar-refractivity contribution in [2.45, 2.75) is 12.8 Å². The van der Waals surface area contributed by atoms with E-state index in [2.05, 4.69) is 10.6 Å². The molecular formula is C20H22FN3O3. The Labute approximate surface area is 157 Å². The molecule has 142 valence electrons. The summed E-state index contributed by atoms with van der Waals surface area (Å²) in [6.45, 7) is 0.942.